The molecule has 0 radical (unpaired) electrons. The molecule has 0 saturated carbocycles. The van der Waals surface area contributed by atoms with E-state index in [1.165, 1.54) is 5.56 Å². The van der Waals surface area contributed by atoms with E-state index in [4.69, 9.17) is 13.9 Å². The Kier molecular flexibility index (Phi) is 7.37. The Morgan fingerprint density at radius 2 is 1.79 bits per heavy atom. The molecule has 1 N–H and O–H groups in total. The number of carbonyl (C=O) groups excluding carboxylic acids is 1. The highest BCUT2D eigenvalue weighted by Gasteiger charge is 2.21. The van der Waals surface area contributed by atoms with Crippen molar-refractivity contribution in [2.24, 2.45) is 0 Å². The van der Waals surface area contributed by atoms with E-state index in [-0.39, 0.29) is 11.8 Å². The Balaban J connectivity index is 1.42. The lowest BCUT2D eigenvalue weighted by molar-refractivity contribution is -0.128. The molecule has 1 aliphatic rings. The van der Waals surface area contributed by atoms with Gasteiger partial charge in [-0.25, -0.2) is 0 Å². The van der Waals surface area contributed by atoms with Crippen LogP contribution in [0.5, 0.6) is 11.5 Å². The van der Waals surface area contributed by atoms with Gasteiger partial charge in [-0.1, -0.05) is 13.8 Å². The maximum atomic E-state index is 11.7. The van der Waals surface area contributed by atoms with Crippen molar-refractivity contribution in [3.63, 3.8) is 0 Å². The van der Waals surface area contributed by atoms with Gasteiger partial charge in [-0.15, -0.1) is 10.2 Å². The number of fused-ring (bicyclic) bond motifs is 1. The zero-order valence-electron chi connectivity index (χ0n) is 22.7. The number of aromatic nitrogens is 3. The Hall–Kier alpha value is -3.85. The average molecular weight is 518 g/mol. The molecule has 2 aromatic heterocycles. The SMILES string of the molecule is COc1ccc(-c2[nH]c3ccc(-c4nnc(CN5CCCN(C(C)=O)CC5)o4)cc3c2C(C)C)cc1OC. The molecule has 0 unspecified atom stereocenters. The molecule has 200 valence electrons. The molecule has 1 aliphatic heterocycles. The van der Waals surface area contributed by atoms with E-state index in [2.05, 4.69) is 46.1 Å². The van der Waals surface area contributed by atoms with Crippen LogP contribution in [0.2, 0.25) is 0 Å². The Morgan fingerprint density at radius 3 is 2.53 bits per heavy atom. The number of H-pyrrole nitrogens is 1. The normalized spacial score (nSPS) is 14.7. The van der Waals surface area contributed by atoms with Crippen LogP contribution in [-0.4, -0.2) is 71.3 Å². The van der Waals surface area contributed by atoms with Gasteiger partial charge in [-0.3, -0.25) is 9.69 Å². The highest BCUT2D eigenvalue weighted by molar-refractivity contribution is 5.94. The second-order valence-corrected chi connectivity index (χ2v) is 10.0. The summed E-state index contributed by atoms with van der Waals surface area (Å²) in [6.45, 7) is 9.80. The maximum Gasteiger partial charge on any atom is 0.247 e. The summed E-state index contributed by atoms with van der Waals surface area (Å²) in [7, 11) is 3.29. The molecule has 2 aromatic carbocycles. The minimum Gasteiger partial charge on any atom is -0.493 e. The fourth-order valence-corrected chi connectivity index (χ4v) is 5.23. The van der Waals surface area contributed by atoms with Crippen LogP contribution in [0.25, 0.3) is 33.6 Å². The van der Waals surface area contributed by atoms with Crippen molar-refractivity contribution in [2.45, 2.75) is 39.7 Å². The monoisotopic (exact) mass is 517 g/mol. The van der Waals surface area contributed by atoms with E-state index in [0.717, 1.165) is 60.3 Å². The summed E-state index contributed by atoms with van der Waals surface area (Å²) >= 11 is 0. The Bertz CT molecular complexity index is 1440. The first kappa shape index (κ1) is 25.8. The van der Waals surface area contributed by atoms with Crippen LogP contribution >= 0.6 is 0 Å². The molecule has 0 bridgehead atoms. The second-order valence-electron chi connectivity index (χ2n) is 10.0. The molecule has 38 heavy (non-hydrogen) atoms. The van der Waals surface area contributed by atoms with E-state index in [0.29, 0.717) is 29.8 Å². The fraction of sp³-hybridized carbons (Fsp3) is 0.414. The minimum atomic E-state index is 0.127. The first-order valence-corrected chi connectivity index (χ1v) is 13.1. The van der Waals surface area contributed by atoms with Gasteiger partial charge in [0.05, 0.1) is 26.5 Å². The molecule has 9 heteroatoms. The molecule has 1 amide bonds. The van der Waals surface area contributed by atoms with Gasteiger partial charge in [0.15, 0.2) is 11.5 Å². The molecule has 9 nitrogen and oxygen atoms in total. The highest BCUT2D eigenvalue weighted by Crippen LogP contribution is 2.40. The van der Waals surface area contributed by atoms with Crippen LogP contribution in [0.3, 0.4) is 0 Å². The van der Waals surface area contributed by atoms with Crippen molar-refractivity contribution in [1.29, 1.82) is 0 Å². The second kappa shape index (κ2) is 10.9. The quantitative estimate of drug-likeness (QED) is 0.365. The third-order valence-corrected chi connectivity index (χ3v) is 7.19. The largest absolute Gasteiger partial charge is 0.493 e. The average Bonchev–Trinajstić information content (AvgIpc) is 3.46. The molecule has 0 spiro atoms. The Morgan fingerprint density at radius 1 is 1.00 bits per heavy atom. The standard InChI is InChI=1S/C29H35N5O4/c1-18(2)27-22-15-21(7-9-23(22)30-28(27)20-8-10-24(36-4)25(16-20)37-5)29-32-31-26(38-29)17-33-11-6-12-34(14-13-33)19(3)35/h7-10,15-16,18,30H,6,11-14,17H2,1-5H3. The van der Waals surface area contributed by atoms with Crippen molar-refractivity contribution in [3.05, 3.63) is 47.9 Å². The van der Waals surface area contributed by atoms with Crippen molar-refractivity contribution < 1.29 is 18.7 Å². The van der Waals surface area contributed by atoms with E-state index in [1.807, 2.05) is 29.2 Å². The van der Waals surface area contributed by atoms with Gasteiger partial charge in [0.1, 0.15) is 0 Å². The summed E-state index contributed by atoms with van der Waals surface area (Å²) in [5, 5.41) is 9.81. The van der Waals surface area contributed by atoms with Crippen molar-refractivity contribution in [2.75, 3.05) is 40.4 Å². The molecule has 1 saturated heterocycles. The lowest BCUT2D eigenvalue weighted by atomic mass is 9.95. The van der Waals surface area contributed by atoms with Crippen LogP contribution in [0, 0.1) is 0 Å². The topological polar surface area (TPSA) is 96.7 Å². The van der Waals surface area contributed by atoms with Gasteiger partial charge >= 0.3 is 0 Å². The highest BCUT2D eigenvalue weighted by atomic mass is 16.5. The van der Waals surface area contributed by atoms with E-state index in [1.54, 1.807) is 21.1 Å². The minimum absolute atomic E-state index is 0.127. The summed E-state index contributed by atoms with van der Waals surface area (Å²) in [4.78, 5) is 19.5. The number of aromatic amines is 1. The predicted molar refractivity (Wildman–Crippen MR) is 146 cm³/mol. The van der Waals surface area contributed by atoms with Gasteiger partial charge in [-0.05, 0) is 54.3 Å². The van der Waals surface area contributed by atoms with E-state index in [9.17, 15) is 4.79 Å². The number of hydrogen-bond donors (Lipinski definition) is 1. The number of benzene rings is 2. The number of nitrogens with one attached hydrogen (secondary N) is 1. The smallest absolute Gasteiger partial charge is 0.247 e. The predicted octanol–water partition coefficient (Wildman–Crippen LogP) is 5.08. The van der Waals surface area contributed by atoms with Gasteiger partial charge in [0.25, 0.3) is 0 Å². The van der Waals surface area contributed by atoms with Crippen LogP contribution in [0.4, 0.5) is 0 Å². The number of carbonyl (C=O) groups is 1. The van der Waals surface area contributed by atoms with Crippen LogP contribution in [0.1, 0.15) is 44.6 Å². The maximum absolute atomic E-state index is 11.7. The molecule has 5 rings (SSSR count). The zero-order chi connectivity index (χ0) is 26.8. The molecule has 1 fully saturated rings. The van der Waals surface area contributed by atoms with Crippen molar-refractivity contribution in [1.82, 2.24) is 25.0 Å². The summed E-state index contributed by atoms with van der Waals surface area (Å²) in [5.41, 5.74) is 5.23. The third kappa shape index (κ3) is 5.11. The number of hydrogen-bond acceptors (Lipinski definition) is 7. The number of ether oxygens (including phenoxy) is 2. The summed E-state index contributed by atoms with van der Waals surface area (Å²) in [5.74, 6) is 2.88. The third-order valence-electron chi connectivity index (χ3n) is 7.19. The van der Waals surface area contributed by atoms with Crippen molar-refractivity contribution in [3.8, 4) is 34.2 Å². The van der Waals surface area contributed by atoms with Gasteiger partial charge in [-0.2, -0.15) is 0 Å². The molecule has 3 heterocycles. The van der Waals surface area contributed by atoms with Crippen LogP contribution in [-0.2, 0) is 11.3 Å². The van der Waals surface area contributed by atoms with E-state index < -0.39 is 0 Å². The van der Waals surface area contributed by atoms with Gasteiger partial charge in [0, 0.05) is 55.1 Å². The lowest BCUT2D eigenvalue weighted by Gasteiger charge is -2.19. The van der Waals surface area contributed by atoms with Crippen LogP contribution < -0.4 is 9.47 Å². The summed E-state index contributed by atoms with van der Waals surface area (Å²) in [6, 6.07) is 12.2. The number of methoxy groups -OCH3 is 2. The number of rotatable bonds is 7. The first-order valence-electron chi connectivity index (χ1n) is 13.1. The fourth-order valence-electron chi connectivity index (χ4n) is 5.23. The zero-order valence-corrected chi connectivity index (χ0v) is 22.7. The Labute approximate surface area is 222 Å². The number of amides is 1. The molecule has 0 aliphatic carbocycles. The lowest BCUT2D eigenvalue weighted by Crippen LogP contribution is -2.33. The first-order chi connectivity index (χ1) is 18.4. The van der Waals surface area contributed by atoms with Gasteiger partial charge in [0.2, 0.25) is 17.7 Å². The molecule has 4 aromatic rings. The summed E-state index contributed by atoms with van der Waals surface area (Å²) in [6.07, 6.45) is 0.936. The molecular formula is C29H35N5O4. The summed E-state index contributed by atoms with van der Waals surface area (Å²) < 4.78 is 17.1. The van der Waals surface area contributed by atoms with Crippen molar-refractivity contribution >= 4 is 16.8 Å². The van der Waals surface area contributed by atoms with E-state index >= 15 is 0 Å². The molecule has 0 atom stereocenters. The molecular weight excluding hydrogens is 482 g/mol. The van der Waals surface area contributed by atoms with Crippen LogP contribution in [0.15, 0.2) is 40.8 Å². The number of nitrogens with zero attached hydrogens (tertiary/aromatic N) is 4. The van der Waals surface area contributed by atoms with Gasteiger partial charge < -0.3 is 23.8 Å².